The Kier molecular flexibility index (Phi) is 4.16. The summed E-state index contributed by atoms with van der Waals surface area (Å²) in [5, 5.41) is 0.767. The summed E-state index contributed by atoms with van der Waals surface area (Å²) < 4.78 is 1.42. The molecular formula is C19H19N3O2. The van der Waals surface area contributed by atoms with Crippen LogP contribution in [0, 0.1) is 6.92 Å². The Morgan fingerprint density at radius 1 is 1.21 bits per heavy atom. The lowest BCUT2D eigenvalue weighted by Crippen LogP contribution is -2.36. The molecule has 2 aromatic heterocycles. The largest absolute Gasteiger partial charge is 0.308 e. The number of aryl methyl sites for hydroxylation is 2. The molecule has 0 N–H and O–H groups in total. The maximum atomic E-state index is 13.0. The molecule has 1 amide bonds. The van der Waals surface area contributed by atoms with Gasteiger partial charge in [-0.25, -0.2) is 4.98 Å². The van der Waals surface area contributed by atoms with Gasteiger partial charge >= 0.3 is 0 Å². The molecule has 0 saturated carbocycles. The minimum absolute atomic E-state index is 0.154. The van der Waals surface area contributed by atoms with Crippen LogP contribution in [0.1, 0.15) is 22.8 Å². The fraction of sp³-hybridized carbons (Fsp3) is 0.211. The summed E-state index contributed by atoms with van der Waals surface area (Å²) in [6, 6.07) is 13.0. The molecule has 0 atom stereocenters. The summed E-state index contributed by atoms with van der Waals surface area (Å²) in [5.41, 5.74) is 2.24. The van der Waals surface area contributed by atoms with Crippen molar-refractivity contribution in [3.8, 4) is 0 Å². The number of hydrogen-bond acceptors (Lipinski definition) is 3. The molecule has 1 aromatic carbocycles. The third-order valence-electron chi connectivity index (χ3n) is 4.07. The maximum absolute atomic E-state index is 13.0. The quantitative estimate of drug-likeness (QED) is 0.745. The Hall–Kier alpha value is -2.95. The maximum Gasteiger partial charge on any atom is 0.264 e. The molecule has 0 aliphatic carbocycles. The highest BCUT2D eigenvalue weighted by Crippen LogP contribution is 2.19. The molecular weight excluding hydrogens is 302 g/mol. The van der Waals surface area contributed by atoms with Crippen LogP contribution in [0.4, 0.5) is 5.69 Å². The van der Waals surface area contributed by atoms with Gasteiger partial charge in [-0.3, -0.25) is 14.2 Å². The van der Waals surface area contributed by atoms with Crippen molar-refractivity contribution in [2.45, 2.75) is 13.8 Å². The first kappa shape index (κ1) is 15.9. The molecule has 0 radical (unpaired) electrons. The number of pyridine rings is 2. The number of aromatic nitrogens is 2. The number of carbonyl (C=O) groups is 1. The lowest BCUT2D eigenvalue weighted by molar-refractivity contribution is 0.0986. The minimum Gasteiger partial charge on any atom is -0.308 e. The molecule has 2 heterocycles. The topological polar surface area (TPSA) is 55.2 Å². The first-order valence-corrected chi connectivity index (χ1v) is 7.86. The predicted octanol–water partition coefficient (Wildman–Crippen LogP) is 2.91. The van der Waals surface area contributed by atoms with Crippen LogP contribution in [0.3, 0.4) is 0 Å². The SMILES string of the molecule is CCN(C(=O)c1cc2cccnc2n(C)c1=O)c1cccc(C)c1. The van der Waals surface area contributed by atoms with Crippen molar-refractivity contribution in [1.82, 2.24) is 9.55 Å². The van der Waals surface area contributed by atoms with Crippen molar-refractivity contribution in [3.05, 3.63) is 70.1 Å². The van der Waals surface area contributed by atoms with Gasteiger partial charge in [-0.1, -0.05) is 12.1 Å². The van der Waals surface area contributed by atoms with E-state index in [4.69, 9.17) is 0 Å². The fourth-order valence-corrected chi connectivity index (χ4v) is 2.83. The van der Waals surface area contributed by atoms with Gasteiger partial charge in [0.05, 0.1) is 0 Å². The van der Waals surface area contributed by atoms with E-state index in [9.17, 15) is 9.59 Å². The van der Waals surface area contributed by atoms with E-state index in [0.717, 1.165) is 16.6 Å². The van der Waals surface area contributed by atoms with Gasteiger partial charge < -0.3 is 4.90 Å². The van der Waals surface area contributed by atoms with Crippen molar-refractivity contribution in [2.24, 2.45) is 7.05 Å². The molecule has 5 heteroatoms. The highest BCUT2D eigenvalue weighted by Gasteiger charge is 2.21. The van der Waals surface area contributed by atoms with E-state index in [1.807, 2.05) is 44.2 Å². The van der Waals surface area contributed by atoms with Crippen LogP contribution in [0.25, 0.3) is 11.0 Å². The zero-order valence-electron chi connectivity index (χ0n) is 14.0. The van der Waals surface area contributed by atoms with E-state index >= 15 is 0 Å². The molecule has 24 heavy (non-hydrogen) atoms. The molecule has 0 fully saturated rings. The smallest absolute Gasteiger partial charge is 0.264 e. The molecule has 0 bridgehead atoms. The van der Waals surface area contributed by atoms with Gasteiger partial charge in [0.1, 0.15) is 11.2 Å². The van der Waals surface area contributed by atoms with Gasteiger partial charge in [0.15, 0.2) is 0 Å². The summed E-state index contributed by atoms with van der Waals surface area (Å²) in [6.07, 6.45) is 1.63. The third-order valence-corrected chi connectivity index (χ3v) is 4.07. The number of fused-ring (bicyclic) bond motifs is 1. The van der Waals surface area contributed by atoms with E-state index in [2.05, 4.69) is 4.98 Å². The molecule has 122 valence electrons. The van der Waals surface area contributed by atoms with E-state index in [1.54, 1.807) is 30.3 Å². The Bertz CT molecular complexity index is 976. The molecule has 0 unspecified atom stereocenters. The number of amides is 1. The van der Waals surface area contributed by atoms with Crippen molar-refractivity contribution >= 4 is 22.6 Å². The average molecular weight is 321 g/mol. The first-order chi connectivity index (χ1) is 11.5. The highest BCUT2D eigenvalue weighted by atomic mass is 16.2. The number of carbonyl (C=O) groups excluding carboxylic acids is 1. The van der Waals surface area contributed by atoms with Crippen molar-refractivity contribution in [3.63, 3.8) is 0 Å². The Labute approximate surface area is 140 Å². The van der Waals surface area contributed by atoms with Crippen molar-refractivity contribution in [2.75, 3.05) is 11.4 Å². The van der Waals surface area contributed by atoms with Crippen LogP contribution in [0.5, 0.6) is 0 Å². The van der Waals surface area contributed by atoms with Crippen LogP contribution in [-0.4, -0.2) is 22.0 Å². The molecule has 5 nitrogen and oxygen atoms in total. The Balaban J connectivity index is 2.13. The van der Waals surface area contributed by atoms with Gasteiger partial charge in [-0.05, 0) is 49.7 Å². The zero-order valence-corrected chi connectivity index (χ0v) is 14.0. The number of hydrogen-bond donors (Lipinski definition) is 0. The van der Waals surface area contributed by atoms with E-state index in [-0.39, 0.29) is 17.0 Å². The van der Waals surface area contributed by atoms with Gasteiger partial charge in [0, 0.05) is 30.9 Å². The second kappa shape index (κ2) is 6.28. The molecule has 0 aliphatic heterocycles. The van der Waals surface area contributed by atoms with E-state index < -0.39 is 0 Å². The normalized spacial score (nSPS) is 10.8. The summed E-state index contributed by atoms with van der Waals surface area (Å²) in [6.45, 7) is 4.35. The summed E-state index contributed by atoms with van der Waals surface area (Å²) in [4.78, 5) is 31.4. The summed E-state index contributed by atoms with van der Waals surface area (Å²) >= 11 is 0. The number of rotatable bonds is 3. The summed E-state index contributed by atoms with van der Waals surface area (Å²) in [5.74, 6) is -0.297. The highest BCUT2D eigenvalue weighted by molar-refractivity contribution is 6.07. The van der Waals surface area contributed by atoms with Crippen LogP contribution in [-0.2, 0) is 7.05 Å². The lowest BCUT2D eigenvalue weighted by Gasteiger charge is -2.21. The molecule has 0 saturated heterocycles. The standard InChI is InChI=1S/C19H19N3O2/c1-4-22(15-9-5-7-13(2)11-15)19(24)16-12-14-8-6-10-20-17(14)21(3)18(16)23/h5-12H,4H2,1-3H3. The molecule has 0 spiro atoms. The van der Waals surface area contributed by atoms with Gasteiger partial charge in [0.2, 0.25) is 0 Å². The van der Waals surface area contributed by atoms with Crippen molar-refractivity contribution < 1.29 is 4.79 Å². The van der Waals surface area contributed by atoms with Crippen LogP contribution in [0.15, 0.2) is 53.5 Å². The monoisotopic (exact) mass is 321 g/mol. The zero-order chi connectivity index (χ0) is 17.3. The van der Waals surface area contributed by atoms with Crippen LogP contribution in [0.2, 0.25) is 0 Å². The number of nitrogens with zero attached hydrogens (tertiary/aromatic N) is 3. The molecule has 3 rings (SSSR count). The second-order valence-corrected chi connectivity index (χ2v) is 5.73. The number of benzene rings is 1. The van der Waals surface area contributed by atoms with Gasteiger partial charge in [0.25, 0.3) is 11.5 Å². The van der Waals surface area contributed by atoms with Gasteiger partial charge in [-0.15, -0.1) is 0 Å². The minimum atomic E-state index is -0.336. The predicted molar refractivity (Wildman–Crippen MR) is 95.5 cm³/mol. The third kappa shape index (κ3) is 2.69. The second-order valence-electron chi connectivity index (χ2n) is 5.73. The first-order valence-electron chi connectivity index (χ1n) is 7.86. The van der Waals surface area contributed by atoms with Gasteiger partial charge in [-0.2, -0.15) is 0 Å². The van der Waals surface area contributed by atoms with Crippen LogP contribution < -0.4 is 10.5 Å². The van der Waals surface area contributed by atoms with Crippen LogP contribution >= 0.6 is 0 Å². The summed E-state index contributed by atoms with van der Waals surface area (Å²) in [7, 11) is 1.64. The Morgan fingerprint density at radius 2 is 2.00 bits per heavy atom. The number of anilines is 1. The van der Waals surface area contributed by atoms with Crippen molar-refractivity contribution in [1.29, 1.82) is 0 Å². The van der Waals surface area contributed by atoms with E-state index in [1.165, 1.54) is 4.57 Å². The Morgan fingerprint density at radius 3 is 2.71 bits per heavy atom. The average Bonchev–Trinajstić information content (AvgIpc) is 2.59. The lowest BCUT2D eigenvalue weighted by atomic mass is 10.1. The molecule has 3 aromatic rings. The van der Waals surface area contributed by atoms with E-state index in [0.29, 0.717) is 12.2 Å². The fourth-order valence-electron chi connectivity index (χ4n) is 2.83. The molecule has 0 aliphatic rings.